The van der Waals surface area contributed by atoms with Crippen molar-refractivity contribution in [3.8, 4) is 16.9 Å². The van der Waals surface area contributed by atoms with Gasteiger partial charge in [0.05, 0.1) is 16.8 Å². The molecule has 2 aromatic carbocycles. The van der Waals surface area contributed by atoms with Crippen molar-refractivity contribution in [1.82, 2.24) is 20.0 Å². The highest BCUT2D eigenvalue weighted by Gasteiger charge is 2.41. The lowest BCUT2D eigenvalue weighted by Crippen LogP contribution is -2.48. The summed E-state index contributed by atoms with van der Waals surface area (Å²) in [6.45, 7) is 5.98. The summed E-state index contributed by atoms with van der Waals surface area (Å²) in [6.07, 6.45) is -0.923. The Hall–Kier alpha value is -3.81. The van der Waals surface area contributed by atoms with E-state index in [2.05, 4.69) is 15.5 Å². The normalized spacial score (nSPS) is 17.5. The Balaban J connectivity index is 1.83. The fourth-order valence-electron chi connectivity index (χ4n) is 4.41. The zero-order valence-electron chi connectivity index (χ0n) is 17.4. The van der Waals surface area contributed by atoms with E-state index in [0.717, 1.165) is 16.7 Å². The molecule has 8 nitrogen and oxygen atoms in total. The van der Waals surface area contributed by atoms with Gasteiger partial charge in [0.2, 0.25) is 6.10 Å². The van der Waals surface area contributed by atoms with Crippen LogP contribution >= 0.6 is 0 Å². The molecular formula is C23H22N4O4. The van der Waals surface area contributed by atoms with Crippen molar-refractivity contribution < 1.29 is 14.1 Å². The van der Waals surface area contributed by atoms with Crippen molar-refractivity contribution in [3.05, 3.63) is 70.0 Å². The highest BCUT2D eigenvalue weighted by molar-refractivity contribution is 5.94. The van der Waals surface area contributed by atoms with Gasteiger partial charge in [-0.1, -0.05) is 35.5 Å². The molecular weight excluding hydrogens is 396 g/mol. The van der Waals surface area contributed by atoms with Crippen molar-refractivity contribution in [3.63, 3.8) is 0 Å². The molecule has 1 unspecified atom stereocenters. The smallest absolute Gasteiger partial charge is 0.327 e. The molecule has 8 heteroatoms. The molecule has 1 aliphatic rings. The number of rotatable bonds is 4. The Kier molecular flexibility index (Phi) is 4.43. The van der Waals surface area contributed by atoms with Gasteiger partial charge in [0.15, 0.2) is 5.75 Å². The lowest BCUT2D eigenvalue weighted by molar-refractivity contribution is -0.129. The average Bonchev–Trinajstić information content (AvgIpc) is 3.28. The van der Waals surface area contributed by atoms with Crippen LogP contribution in [0.2, 0.25) is 0 Å². The Morgan fingerprint density at radius 3 is 2.65 bits per heavy atom. The first-order valence-corrected chi connectivity index (χ1v) is 10.2. The van der Waals surface area contributed by atoms with E-state index in [9.17, 15) is 9.59 Å². The van der Waals surface area contributed by atoms with Gasteiger partial charge in [-0.15, -0.1) is 0 Å². The van der Waals surface area contributed by atoms with Gasteiger partial charge in [-0.2, -0.15) is 0 Å². The van der Waals surface area contributed by atoms with E-state index in [-0.39, 0.29) is 11.6 Å². The molecule has 0 saturated heterocycles. The second-order valence-electron chi connectivity index (χ2n) is 7.63. The molecule has 0 saturated carbocycles. The fraction of sp³-hybridized carbons (Fsp3) is 0.261. The molecule has 2 N–H and O–H groups in total. The number of carbonyl (C=O) groups excluding carboxylic acids is 1. The number of aryl methyl sites for hydroxylation is 2. The summed E-state index contributed by atoms with van der Waals surface area (Å²) < 4.78 is 13.4. The Morgan fingerprint density at radius 2 is 1.97 bits per heavy atom. The first-order valence-electron chi connectivity index (χ1n) is 10.2. The summed E-state index contributed by atoms with van der Waals surface area (Å²) in [6, 6.07) is 12.6. The molecule has 0 bridgehead atoms. The Labute approximate surface area is 177 Å². The molecule has 0 fully saturated rings. The molecule has 0 aliphatic carbocycles. The van der Waals surface area contributed by atoms with Crippen LogP contribution < -0.4 is 15.7 Å². The maximum atomic E-state index is 13.1. The van der Waals surface area contributed by atoms with Crippen LogP contribution in [0.25, 0.3) is 22.2 Å². The fourth-order valence-corrected chi connectivity index (χ4v) is 4.41. The second kappa shape index (κ2) is 7.16. The standard InChI is InChI=1S/C23H22N4O4/c1-4-24-22(28)21-18(14-8-6-5-7-9-14)27-19-16(25-23(27)29)11-10-15(20(19)30-21)17-12(2)26-31-13(17)3/h5-11,18,21H,4H2,1-3H3,(H,24,28)(H,25,29)/t18?,21-/m0/s1. The SMILES string of the molecule is CCNC(=O)[C@H]1Oc2c(-c3c(C)noc3C)ccc3[nH]c(=O)n(c23)C1c1ccccc1. The van der Waals surface area contributed by atoms with Gasteiger partial charge in [-0.05, 0) is 38.5 Å². The molecule has 0 spiro atoms. The van der Waals surface area contributed by atoms with E-state index in [1.54, 1.807) is 4.57 Å². The summed E-state index contributed by atoms with van der Waals surface area (Å²) in [5.74, 6) is 0.825. The molecule has 5 rings (SSSR count). The zero-order chi connectivity index (χ0) is 21.7. The second-order valence-corrected chi connectivity index (χ2v) is 7.63. The van der Waals surface area contributed by atoms with E-state index in [0.29, 0.717) is 34.8 Å². The number of aromatic amines is 1. The molecule has 1 aliphatic heterocycles. The molecule has 4 aromatic rings. The van der Waals surface area contributed by atoms with Gasteiger partial charge < -0.3 is 19.6 Å². The van der Waals surface area contributed by atoms with Gasteiger partial charge in [0.1, 0.15) is 17.3 Å². The first-order chi connectivity index (χ1) is 15.0. The summed E-state index contributed by atoms with van der Waals surface area (Å²) in [5, 5.41) is 6.90. The number of hydrogen-bond acceptors (Lipinski definition) is 5. The summed E-state index contributed by atoms with van der Waals surface area (Å²) >= 11 is 0. The highest BCUT2D eigenvalue weighted by Crippen LogP contribution is 2.44. The number of benzene rings is 2. The molecule has 2 aromatic heterocycles. The van der Waals surface area contributed by atoms with Crippen LogP contribution in [0.3, 0.4) is 0 Å². The van der Waals surface area contributed by atoms with Crippen LogP contribution in [0.1, 0.15) is 30.0 Å². The Morgan fingerprint density at radius 1 is 1.19 bits per heavy atom. The van der Waals surface area contributed by atoms with Gasteiger partial charge in [-0.3, -0.25) is 9.36 Å². The van der Waals surface area contributed by atoms with Crippen molar-refractivity contribution in [2.24, 2.45) is 0 Å². The molecule has 1 amide bonds. The van der Waals surface area contributed by atoms with Crippen LogP contribution in [-0.4, -0.2) is 33.3 Å². The first kappa shape index (κ1) is 19.2. The van der Waals surface area contributed by atoms with Crippen molar-refractivity contribution in [2.75, 3.05) is 6.54 Å². The topological polar surface area (TPSA) is 102 Å². The number of nitrogens with zero attached hydrogens (tertiary/aromatic N) is 2. The van der Waals surface area contributed by atoms with E-state index in [1.165, 1.54) is 0 Å². The van der Waals surface area contributed by atoms with E-state index >= 15 is 0 Å². The van der Waals surface area contributed by atoms with E-state index in [4.69, 9.17) is 9.26 Å². The zero-order valence-corrected chi connectivity index (χ0v) is 17.4. The minimum absolute atomic E-state index is 0.281. The quantitative estimate of drug-likeness (QED) is 0.530. The van der Waals surface area contributed by atoms with Crippen molar-refractivity contribution >= 4 is 16.9 Å². The van der Waals surface area contributed by atoms with Crippen LogP contribution in [0, 0.1) is 13.8 Å². The number of aromatic nitrogens is 3. The molecule has 0 radical (unpaired) electrons. The number of nitrogens with one attached hydrogen (secondary N) is 2. The molecule has 31 heavy (non-hydrogen) atoms. The van der Waals surface area contributed by atoms with Crippen LogP contribution in [0.5, 0.6) is 5.75 Å². The number of H-pyrrole nitrogens is 1. The summed E-state index contributed by atoms with van der Waals surface area (Å²) in [5.41, 5.74) is 4.03. The summed E-state index contributed by atoms with van der Waals surface area (Å²) in [4.78, 5) is 29.1. The number of ether oxygens (including phenoxy) is 1. The Bertz CT molecular complexity index is 1330. The third-order valence-corrected chi connectivity index (χ3v) is 5.70. The van der Waals surface area contributed by atoms with Crippen molar-refractivity contribution in [2.45, 2.75) is 32.9 Å². The van der Waals surface area contributed by atoms with Gasteiger partial charge >= 0.3 is 5.69 Å². The van der Waals surface area contributed by atoms with Gasteiger partial charge in [0.25, 0.3) is 5.91 Å². The minimum Gasteiger partial charge on any atom is -0.475 e. The van der Waals surface area contributed by atoms with Crippen LogP contribution in [-0.2, 0) is 4.79 Å². The maximum Gasteiger partial charge on any atom is 0.327 e. The van der Waals surface area contributed by atoms with Crippen LogP contribution in [0.15, 0.2) is 51.8 Å². The van der Waals surface area contributed by atoms with Gasteiger partial charge in [-0.25, -0.2) is 4.79 Å². The van der Waals surface area contributed by atoms with Crippen LogP contribution in [0.4, 0.5) is 0 Å². The molecule has 3 heterocycles. The number of carbonyl (C=O) groups is 1. The number of amides is 1. The van der Waals surface area contributed by atoms with Gasteiger partial charge in [0, 0.05) is 12.1 Å². The summed E-state index contributed by atoms with van der Waals surface area (Å²) in [7, 11) is 0. The number of hydrogen-bond donors (Lipinski definition) is 2. The third-order valence-electron chi connectivity index (χ3n) is 5.70. The predicted octanol–water partition coefficient (Wildman–Crippen LogP) is 3.09. The van der Waals surface area contributed by atoms with Crippen molar-refractivity contribution in [1.29, 1.82) is 0 Å². The van der Waals surface area contributed by atoms with E-state index in [1.807, 2.05) is 63.2 Å². The number of imidazole rings is 1. The lowest BCUT2D eigenvalue weighted by atomic mass is 9.96. The maximum absolute atomic E-state index is 13.1. The molecule has 158 valence electrons. The predicted molar refractivity (Wildman–Crippen MR) is 115 cm³/mol. The highest BCUT2D eigenvalue weighted by atomic mass is 16.5. The lowest BCUT2D eigenvalue weighted by Gasteiger charge is -2.33. The monoisotopic (exact) mass is 418 g/mol. The average molecular weight is 418 g/mol. The molecule has 2 atom stereocenters. The third kappa shape index (κ3) is 2.86. The largest absolute Gasteiger partial charge is 0.475 e. The van der Waals surface area contributed by atoms with E-state index < -0.39 is 12.1 Å². The minimum atomic E-state index is -0.923. The number of likely N-dealkylation sites (N-methyl/N-ethyl adjacent to an activating group) is 1.